The summed E-state index contributed by atoms with van der Waals surface area (Å²) in [7, 11) is 0. The minimum absolute atomic E-state index is 0.180. The molecule has 0 saturated carbocycles. The largest absolute Gasteiger partial charge is 0.491 e. The second-order valence-electron chi connectivity index (χ2n) is 5.75. The zero-order valence-corrected chi connectivity index (χ0v) is 14.5. The van der Waals surface area contributed by atoms with E-state index in [0.717, 1.165) is 13.0 Å². The first kappa shape index (κ1) is 18.7. The normalized spacial score (nSPS) is 12.4. The van der Waals surface area contributed by atoms with Gasteiger partial charge in [-0.15, -0.1) is 0 Å². The average Bonchev–Trinajstić information content (AvgIpc) is 2.56. The molecule has 0 aliphatic heterocycles. The van der Waals surface area contributed by atoms with Gasteiger partial charge in [0.1, 0.15) is 24.3 Å². The van der Waals surface area contributed by atoms with Crippen molar-refractivity contribution in [3.63, 3.8) is 0 Å². The summed E-state index contributed by atoms with van der Waals surface area (Å²) in [5.74, 6) is 0.445. The van der Waals surface area contributed by atoms with E-state index < -0.39 is 6.10 Å². The highest BCUT2D eigenvalue weighted by Gasteiger charge is 2.14. The van der Waals surface area contributed by atoms with Gasteiger partial charge >= 0.3 is 0 Å². The van der Waals surface area contributed by atoms with Gasteiger partial charge in [-0.3, -0.25) is 4.90 Å². The van der Waals surface area contributed by atoms with Crippen LogP contribution in [0.3, 0.4) is 0 Å². The predicted molar refractivity (Wildman–Crippen MR) is 94.9 cm³/mol. The molecule has 0 bridgehead atoms. The van der Waals surface area contributed by atoms with Gasteiger partial charge in [0.15, 0.2) is 0 Å². The summed E-state index contributed by atoms with van der Waals surface area (Å²) in [5.41, 5.74) is 0.636. The van der Waals surface area contributed by atoms with E-state index in [1.54, 1.807) is 36.4 Å². The molecule has 0 saturated heterocycles. The van der Waals surface area contributed by atoms with E-state index in [1.165, 1.54) is 6.07 Å². The highest BCUT2D eigenvalue weighted by atomic mass is 35.5. The van der Waals surface area contributed by atoms with Gasteiger partial charge in [0, 0.05) is 23.7 Å². The first-order chi connectivity index (χ1) is 11.6. The Morgan fingerprint density at radius 3 is 2.54 bits per heavy atom. The lowest BCUT2D eigenvalue weighted by Gasteiger charge is -2.25. The smallest absolute Gasteiger partial charge is 0.127 e. The van der Waals surface area contributed by atoms with E-state index in [0.29, 0.717) is 29.4 Å². The van der Waals surface area contributed by atoms with Crippen molar-refractivity contribution < 1.29 is 14.2 Å². The third kappa shape index (κ3) is 6.11. The van der Waals surface area contributed by atoms with E-state index in [4.69, 9.17) is 16.3 Å². The highest BCUT2D eigenvalue weighted by Crippen LogP contribution is 2.16. The van der Waals surface area contributed by atoms with Crippen LogP contribution in [-0.4, -0.2) is 35.8 Å². The quantitative estimate of drug-likeness (QED) is 0.737. The first-order valence-corrected chi connectivity index (χ1v) is 8.48. The molecule has 1 N–H and O–H groups in total. The fourth-order valence-electron chi connectivity index (χ4n) is 2.49. The Kier molecular flexibility index (Phi) is 7.50. The molecule has 2 aromatic rings. The van der Waals surface area contributed by atoms with Gasteiger partial charge in [-0.25, -0.2) is 4.39 Å². The zero-order valence-electron chi connectivity index (χ0n) is 13.8. The van der Waals surface area contributed by atoms with Crippen LogP contribution in [0.25, 0.3) is 0 Å². The van der Waals surface area contributed by atoms with Gasteiger partial charge in [0.05, 0.1) is 0 Å². The number of rotatable bonds is 9. The number of nitrogens with zero attached hydrogens (tertiary/aromatic N) is 1. The first-order valence-electron chi connectivity index (χ1n) is 8.10. The van der Waals surface area contributed by atoms with Crippen molar-refractivity contribution in [2.45, 2.75) is 26.0 Å². The van der Waals surface area contributed by atoms with Crippen molar-refractivity contribution in [2.75, 3.05) is 19.7 Å². The molecule has 24 heavy (non-hydrogen) atoms. The Morgan fingerprint density at radius 1 is 1.17 bits per heavy atom. The third-order valence-corrected chi connectivity index (χ3v) is 3.87. The second-order valence-corrected chi connectivity index (χ2v) is 6.18. The van der Waals surface area contributed by atoms with Crippen LogP contribution in [0, 0.1) is 5.82 Å². The summed E-state index contributed by atoms with van der Waals surface area (Å²) < 4.78 is 19.4. The van der Waals surface area contributed by atoms with Crippen LogP contribution >= 0.6 is 11.6 Å². The SMILES string of the molecule is CCCN(Cc1ccccc1F)C[C@@H](O)COc1ccc(Cl)cc1. The molecule has 0 amide bonds. The topological polar surface area (TPSA) is 32.7 Å². The Bertz CT molecular complexity index is 621. The fourth-order valence-corrected chi connectivity index (χ4v) is 2.62. The number of aliphatic hydroxyl groups is 1. The minimum Gasteiger partial charge on any atom is -0.491 e. The standard InChI is InChI=1S/C19H23ClFNO2/c1-2-11-22(12-15-5-3-4-6-19(15)21)13-17(23)14-24-18-9-7-16(20)8-10-18/h3-10,17,23H,2,11-14H2,1H3/t17-/m1/s1. The maximum absolute atomic E-state index is 13.8. The van der Waals surface area contributed by atoms with Crippen molar-refractivity contribution in [3.8, 4) is 5.75 Å². The van der Waals surface area contributed by atoms with Crippen molar-refractivity contribution in [2.24, 2.45) is 0 Å². The van der Waals surface area contributed by atoms with Crippen LogP contribution in [0.2, 0.25) is 5.02 Å². The molecule has 2 rings (SSSR count). The molecular formula is C19H23ClFNO2. The van der Waals surface area contributed by atoms with Gasteiger partial charge in [0.25, 0.3) is 0 Å². The van der Waals surface area contributed by atoms with Crippen molar-refractivity contribution in [3.05, 3.63) is 64.9 Å². The molecule has 0 unspecified atom stereocenters. The van der Waals surface area contributed by atoms with E-state index in [2.05, 4.69) is 6.92 Å². The number of hydrogen-bond acceptors (Lipinski definition) is 3. The maximum Gasteiger partial charge on any atom is 0.127 e. The zero-order chi connectivity index (χ0) is 17.4. The lowest BCUT2D eigenvalue weighted by atomic mass is 10.2. The number of aliphatic hydroxyl groups excluding tert-OH is 1. The molecule has 1 atom stereocenters. The van der Waals surface area contributed by atoms with Crippen LogP contribution in [0.5, 0.6) is 5.75 Å². The molecule has 0 fully saturated rings. The summed E-state index contributed by atoms with van der Waals surface area (Å²) in [6.07, 6.45) is 0.276. The monoisotopic (exact) mass is 351 g/mol. The van der Waals surface area contributed by atoms with Crippen LogP contribution in [0.15, 0.2) is 48.5 Å². The van der Waals surface area contributed by atoms with Crippen LogP contribution in [0.4, 0.5) is 4.39 Å². The molecule has 0 heterocycles. The second kappa shape index (κ2) is 9.62. The summed E-state index contributed by atoms with van der Waals surface area (Å²) in [6.45, 7) is 3.92. The minimum atomic E-state index is -0.654. The summed E-state index contributed by atoms with van der Waals surface area (Å²) in [5, 5.41) is 10.9. The molecule has 0 aromatic heterocycles. The lowest BCUT2D eigenvalue weighted by molar-refractivity contribution is 0.0652. The molecular weight excluding hydrogens is 329 g/mol. The Hall–Kier alpha value is -1.62. The van der Waals surface area contributed by atoms with E-state index >= 15 is 0 Å². The van der Waals surface area contributed by atoms with Gasteiger partial charge in [-0.1, -0.05) is 36.7 Å². The van der Waals surface area contributed by atoms with E-state index in [1.807, 2.05) is 11.0 Å². The fraction of sp³-hybridized carbons (Fsp3) is 0.368. The van der Waals surface area contributed by atoms with Crippen molar-refractivity contribution in [1.29, 1.82) is 0 Å². The van der Waals surface area contributed by atoms with Gasteiger partial charge < -0.3 is 9.84 Å². The van der Waals surface area contributed by atoms with Crippen molar-refractivity contribution >= 4 is 11.6 Å². The number of hydrogen-bond donors (Lipinski definition) is 1. The summed E-state index contributed by atoms with van der Waals surface area (Å²) in [4.78, 5) is 2.04. The summed E-state index contributed by atoms with van der Waals surface area (Å²) >= 11 is 5.83. The number of ether oxygens (including phenoxy) is 1. The molecule has 0 aliphatic carbocycles. The Labute approximate surface area is 147 Å². The summed E-state index contributed by atoms with van der Waals surface area (Å²) in [6, 6.07) is 13.7. The molecule has 5 heteroatoms. The van der Waals surface area contributed by atoms with Gasteiger partial charge in [0.2, 0.25) is 0 Å². The number of halogens is 2. The van der Waals surface area contributed by atoms with Crippen molar-refractivity contribution in [1.82, 2.24) is 4.90 Å². The number of benzene rings is 2. The van der Waals surface area contributed by atoms with Crippen LogP contribution < -0.4 is 4.74 Å². The van der Waals surface area contributed by atoms with Gasteiger partial charge in [-0.05, 0) is 43.3 Å². The molecule has 0 spiro atoms. The molecule has 2 aromatic carbocycles. The van der Waals surface area contributed by atoms with E-state index in [-0.39, 0.29) is 12.4 Å². The highest BCUT2D eigenvalue weighted by molar-refractivity contribution is 6.30. The Morgan fingerprint density at radius 2 is 1.88 bits per heavy atom. The maximum atomic E-state index is 13.8. The van der Waals surface area contributed by atoms with Crippen LogP contribution in [0.1, 0.15) is 18.9 Å². The molecule has 130 valence electrons. The van der Waals surface area contributed by atoms with Gasteiger partial charge in [-0.2, -0.15) is 0 Å². The van der Waals surface area contributed by atoms with E-state index in [9.17, 15) is 9.50 Å². The average molecular weight is 352 g/mol. The third-order valence-electron chi connectivity index (χ3n) is 3.62. The molecule has 3 nitrogen and oxygen atoms in total. The lowest BCUT2D eigenvalue weighted by Crippen LogP contribution is -2.36. The predicted octanol–water partition coefficient (Wildman–Crippen LogP) is 4.13. The van der Waals surface area contributed by atoms with Crippen LogP contribution in [-0.2, 0) is 6.54 Å². The molecule has 0 aliphatic rings. The Balaban J connectivity index is 1.87. The molecule has 0 radical (unpaired) electrons.